The van der Waals surface area contributed by atoms with E-state index >= 15 is 0 Å². The van der Waals surface area contributed by atoms with E-state index in [9.17, 15) is 4.39 Å². The number of allylic oxidation sites excluding steroid dienone is 2. The predicted octanol–water partition coefficient (Wildman–Crippen LogP) is 5.26. The molecule has 106 valence electrons. The Morgan fingerprint density at radius 1 is 1.14 bits per heavy atom. The van der Waals surface area contributed by atoms with E-state index in [1.165, 1.54) is 20.9 Å². The van der Waals surface area contributed by atoms with Gasteiger partial charge in [-0.05, 0) is 76.4 Å². The Hall–Kier alpha value is -1.36. The second-order valence-electron chi connectivity index (χ2n) is 5.76. The van der Waals surface area contributed by atoms with Crippen molar-refractivity contribution in [3.63, 3.8) is 0 Å². The van der Waals surface area contributed by atoms with E-state index in [2.05, 4.69) is 58.3 Å². The highest BCUT2D eigenvalue weighted by Crippen LogP contribution is 2.49. The molecule has 0 spiro atoms. The van der Waals surface area contributed by atoms with Gasteiger partial charge in [-0.15, -0.1) is 0 Å². The van der Waals surface area contributed by atoms with E-state index in [1.807, 2.05) is 6.07 Å². The van der Waals surface area contributed by atoms with Crippen molar-refractivity contribution >= 4 is 28.3 Å². The summed E-state index contributed by atoms with van der Waals surface area (Å²) in [5.41, 5.74) is 3.59. The van der Waals surface area contributed by atoms with Crippen LogP contribution in [0.15, 0.2) is 54.6 Å². The minimum Gasteiger partial charge on any atom is -0.378 e. The molecule has 1 aliphatic carbocycles. The number of rotatable bonds is 1. The molecule has 0 saturated carbocycles. The van der Waals surface area contributed by atoms with Crippen LogP contribution in [0.2, 0.25) is 0 Å². The summed E-state index contributed by atoms with van der Waals surface area (Å²) in [4.78, 5) is 0. The van der Waals surface area contributed by atoms with Crippen LogP contribution in [0.5, 0.6) is 0 Å². The van der Waals surface area contributed by atoms with E-state index in [0.717, 1.165) is 12.0 Å². The zero-order valence-corrected chi connectivity index (χ0v) is 13.5. The number of halogens is 2. The van der Waals surface area contributed by atoms with Crippen molar-refractivity contribution < 1.29 is 4.39 Å². The van der Waals surface area contributed by atoms with Gasteiger partial charge in [0, 0.05) is 15.2 Å². The van der Waals surface area contributed by atoms with Crippen LogP contribution >= 0.6 is 22.6 Å². The monoisotopic (exact) mass is 391 g/mol. The molecule has 1 aliphatic heterocycles. The Morgan fingerprint density at radius 2 is 2.05 bits per heavy atom. The van der Waals surface area contributed by atoms with Gasteiger partial charge >= 0.3 is 0 Å². The van der Waals surface area contributed by atoms with E-state index in [4.69, 9.17) is 0 Å². The van der Waals surface area contributed by atoms with E-state index in [0.29, 0.717) is 11.8 Å². The van der Waals surface area contributed by atoms with Crippen molar-refractivity contribution in [3.05, 3.63) is 75.1 Å². The Bertz CT molecular complexity index is 725. The highest BCUT2D eigenvalue weighted by atomic mass is 127. The lowest BCUT2D eigenvalue weighted by atomic mass is 9.77. The first-order valence-electron chi connectivity index (χ1n) is 7.20. The first-order chi connectivity index (χ1) is 10.2. The summed E-state index contributed by atoms with van der Waals surface area (Å²) < 4.78 is 14.8. The highest BCUT2D eigenvalue weighted by Gasteiger charge is 2.37. The molecule has 0 bridgehead atoms. The molecule has 0 aromatic heterocycles. The highest BCUT2D eigenvalue weighted by molar-refractivity contribution is 14.1. The van der Waals surface area contributed by atoms with Gasteiger partial charge in [0.25, 0.3) is 0 Å². The maximum absolute atomic E-state index is 13.6. The molecule has 1 N–H and O–H groups in total. The lowest BCUT2D eigenvalue weighted by Gasteiger charge is -2.37. The summed E-state index contributed by atoms with van der Waals surface area (Å²) in [6.07, 6.45) is 5.62. The van der Waals surface area contributed by atoms with Crippen LogP contribution in [0.4, 0.5) is 10.1 Å². The van der Waals surface area contributed by atoms with Crippen LogP contribution in [0.25, 0.3) is 0 Å². The Morgan fingerprint density at radius 3 is 2.90 bits per heavy atom. The summed E-state index contributed by atoms with van der Waals surface area (Å²) in [6.45, 7) is 0. The van der Waals surface area contributed by atoms with E-state index in [1.54, 1.807) is 12.1 Å². The van der Waals surface area contributed by atoms with Crippen LogP contribution in [0.1, 0.15) is 29.5 Å². The third-order valence-corrected chi connectivity index (χ3v) is 5.20. The van der Waals surface area contributed by atoms with E-state index < -0.39 is 0 Å². The molecule has 2 aliphatic rings. The molecule has 3 atom stereocenters. The molecule has 0 saturated heterocycles. The van der Waals surface area contributed by atoms with Crippen molar-refractivity contribution in [2.75, 3.05) is 5.32 Å². The first-order valence-corrected chi connectivity index (χ1v) is 8.28. The summed E-state index contributed by atoms with van der Waals surface area (Å²) >= 11 is 2.36. The molecule has 4 rings (SSSR count). The van der Waals surface area contributed by atoms with Crippen molar-refractivity contribution in [1.29, 1.82) is 0 Å². The van der Waals surface area contributed by atoms with Crippen molar-refractivity contribution in [3.8, 4) is 0 Å². The second-order valence-corrected chi connectivity index (χ2v) is 7.01. The van der Waals surface area contributed by atoms with Crippen LogP contribution < -0.4 is 5.32 Å². The molecule has 0 fully saturated rings. The van der Waals surface area contributed by atoms with Crippen LogP contribution in [0.3, 0.4) is 0 Å². The Balaban J connectivity index is 1.80. The topological polar surface area (TPSA) is 12.0 Å². The van der Waals surface area contributed by atoms with Crippen molar-refractivity contribution in [1.82, 2.24) is 0 Å². The number of hydrogen-bond acceptors (Lipinski definition) is 1. The average Bonchev–Trinajstić information content (AvgIpc) is 2.96. The first kappa shape index (κ1) is 13.3. The number of benzene rings is 2. The smallest absolute Gasteiger partial charge is 0.123 e. The summed E-state index contributed by atoms with van der Waals surface area (Å²) in [5, 5.41) is 3.63. The standard InChI is InChI=1S/C18H15FIN/c19-12-4-1-3-11(9-12)18-15-6-2-5-14(15)16-10-13(20)7-8-17(16)21-18/h1-5,7-10,14-15,18,21H,6H2/t14-,15-,18+/m1/s1. The molecular weight excluding hydrogens is 376 g/mol. The summed E-state index contributed by atoms with van der Waals surface area (Å²) in [7, 11) is 0. The zero-order chi connectivity index (χ0) is 14.4. The maximum Gasteiger partial charge on any atom is 0.123 e. The van der Waals surface area contributed by atoms with Crippen LogP contribution in [-0.4, -0.2) is 0 Å². The van der Waals surface area contributed by atoms with Gasteiger partial charge < -0.3 is 5.32 Å². The maximum atomic E-state index is 13.6. The molecule has 0 unspecified atom stereocenters. The minimum atomic E-state index is -0.162. The summed E-state index contributed by atoms with van der Waals surface area (Å²) in [6, 6.07) is 13.7. The molecular formula is C18H15FIN. The molecule has 1 nitrogen and oxygen atoms in total. The summed E-state index contributed by atoms with van der Waals surface area (Å²) in [5.74, 6) is 0.743. The van der Waals surface area contributed by atoms with Crippen LogP contribution in [0, 0.1) is 15.3 Å². The molecule has 1 heterocycles. The Labute approximate surface area is 137 Å². The van der Waals surface area contributed by atoms with Gasteiger partial charge in [0.1, 0.15) is 5.82 Å². The minimum absolute atomic E-state index is 0.162. The number of nitrogens with one attached hydrogen (secondary N) is 1. The Kier molecular flexibility index (Phi) is 3.25. The van der Waals surface area contributed by atoms with Gasteiger partial charge in [0.15, 0.2) is 0 Å². The third kappa shape index (κ3) is 2.27. The molecule has 2 aromatic rings. The second kappa shape index (κ2) is 5.13. The van der Waals surface area contributed by atoms with Crippen molar-refractivity contribution in [2.24, 2.45) is 5.92 Å². The van der Waals surface area contributed by atoms with Gasteiger partial charge in [0.2, 0.25) is 0 Å². The fourth-order valence-corrected chi connectivity index (χ4v) is 4.11. The third-order valence-electron chi connectivity index (χ3n) is 4.53. The molecule has 2 aromatic carbocycles. The normalized spacial score (nSPS) is 26.1. The largest absolute Gasteiger partial charge is 0.378 e. The zero-order valence-electron chi connectivity index (χ0n) is 11.4. The lowest BCUT2D eigenvalue weighted by molar-refractivity contribution is 0.424. The number of fused-ring (bicyclic) bond motifs is 3. The van der Waals surface area contributed by atoms with Gasteiger partial charge in [-0.2, -0.15) is 0 Å². The van der Waals surface area contributed by atoms with E-state index in [-0.39, 0.29) is 11.9 Å². The molecule has 3 heteroatoms. The van der Waals surface area contributed by atoms with Crippen LogP contribution in [-0.2, 0) is 0 Å². The molecule has 21 heavy (non-hydrogen) atoms. The predicted molar refractivity (Wildman–Crippen MR) is 91.9 cm³/mol. The molecule has 0 amide bonds. The van der Waals surface area contributed by atoms with Crippen molar-refractivity contribution in [2.45, 2.75) is 18.4 Å². The molecule has 0 radical (unpaired) electrons. The van der Waals surface area contributed by atoms with Gasteiger partial charge in [-0.1, -0.05) is 24.3 Å². The lowest BCUT2D eigenvalue weighted by Crippen LogP contribution is -2.29. The quantitative estimate of drug-likeness (QED) is 0.517. The number of hydrogen-bond donors (Lipinski definition) is 1. The van der Waals surface area contributed by atoms with Gasteiger partial charge in [0.05, 0.1) is 6.04 Å². The SMILES string of the molecule is Fc1cccc([C@@H]2Nc3ccc(I)cc3[C@@H]3C=CC[C@H]32)c1. The van der Waals surface area contributed by atoms with Gasteiger partial charge in [-0.25, -0.2) is 4.39 Å². The average molecular weight is 391 g/mol. The fraction of sp³-hybridized carbons (Fsp3) is 0.222. The fourth-order valence-electron chi connectivity index (χ4n) is 3.60. The van der Waals surface area contributed by atoms with Gasteiger partial charge in [-0.3, -0.25) is 0 Å². The number of anilines is 1.